The first-order valence-corrected chi connectivity index (χ1v) is 9.34. The third kappa shape index (κ3) is 2.74. The second-order valence-electron chi connectivity index (χ2n) is 7.80. The van der Waals surface area contributed by atoms with Crippen LogP contribution in [0.15, 0.2) is 24.3 Å². The van der Waals surface area contributed by atoms with E-state index in [0.717, 1.165) is 25.8 Å². The number of amides is 2. The van der Waals surface area contributed by atoms with Crippen molar-refractivity contribution in [2.75, 3.05) is 26.2 Å². The monoisotopic (exact) mass is 342 g/mol. The highest BCUT2D eigenvalue weighted by Crippen LogP contribution is 2.47. The molecule has 2 heterocycles. The lowest BCUT2D eigenvalue weighted by atomic mass is 9.83. The summed E-state index contributed by atoms with van der Waals surface area (Å²) in [6, 6.07) is 8.34. The molecule has 1 N–H and O–H groups in total. The zero-order valence-corrected chi connectivity index (χ0v) is 14.7. The number of carbonyl (C=O) groups excluding carboxylic acids is 2. The number of aryl methyl sites for hydroxylation is 1. The van der Waals surface area contributed by atoms with Gasteiger partial charge in [0.05, 0.1) is 6.04 Å². The first-order valence-electron chi connectivity index (χ1n) is 9.34. The van der Waals surface area contributed by atoms with Crippen LogP contribution in [0.5, 0.6) is 0 Å². The first kappa shape index (κ1) is 16.6. The van der Waals surface area contributed by atoms with Crippen molar-refractivity contribution in [3.8, 4) is 0 Å². The molecule has 5 heteroatoms. The van der Waals surface area contributed by atoms with E-state index in [4.69, 9.17) is 0 Å². The van der Waals surface area contributed by atoms with Crippen LogP contribution < -0.4 is 0 Å². The molecule has 5 nitrogen and oxygen atoms in total. The molecule has 0 radical (unpaired) electrons. The molecule has 2 saturated heterocycles. The molecule has 1 aromatic rings. The summed E-state index contributed by atoms with van der Waals surface area (Å²) in [5.41, 5.74) is 2.41. The molecule has 1 aliphatic carbocycles. The minimum absolute atomic E-state index is 0.0517. The number of fused-ring (bicyclic) bond motifs is 1. The van der Waals surface area contributed by atoms with Crippen LogP contribution in [0.25, 0.3) is 0 Å². The summed E-state index contributed by atoms with van der Waals surface area (Å²) >= 11 is 0. The van der Waals surface area contributed by atoms with E-state index in [9.17, 15) is 14.7 Å². The van der Waals surface area contributed by atoms with Crippen LogP contribution in [0.1, 0.15) is 36.4 Å². The van der Waals surface area contributed by atoms with E-state index in [1.807, 2.05) is 12.1 Å². The Morgan fingerprint density at radius 2 is 1.92 bits per heavy atom. The Kier molecular flexibility index (Phi) is 4.28. The topological polar surface area (TPSA) is 60.9 Å². The number of aliphatic hydroxyl groups excluding tert-OH is 1. The highest BCUT2D eigenvalue weighted by Gasteiger charge is 2.51. The van der Waals surface area contributed by atoms with Gasteiger partial charge in [-0.3, -0.25) is 9.59 Å². The van der Waals surface area contributed by atoms with Crippen molar-refractivity contribution in [3.63, 3.8) is 0 Å². The molecule has 3 atom stereocenters. The largest absolute Gasteiger partial charge is 0.387 e. The van der Waals surface area contributed by atoms with Crippen molar-refractivity contribution in [1.82, 2.24) is 9.80 Å². The van der Waals surface area contributed by atoms with Gasteiger partial charge in [0, 0.05) is 37.4 Å². The van der Waals surface area contributed by atoms with Gasteiger partial charge < -0.3 is 14.9 Å². The number of benzene rings is 1. The SMILES string of the molecule is Cc1ccccc1[C@@H]1[C@H]2CN(C(=O)CO)C[C@H]2CN1C(=O)C1CCC1. The van der Waals surface area contributed by atoms with E-state index in [0.29, 0.717) is 24.9 Å². The second-order valence-corrected chi connectivity index (χ2v) is 7.80. The van der Waals surface area contributed by atoms with Gasteiger partial charge in [-0.1, -0.05) is 30.7 Å². The van der Waals surface area contributed by atoms with Crippen molar-refractivity contribution in [2.45, 2.75) is 32.2 Å². The highest BCUT2D eigenvalue weighted by molar-refractivity contribution is 5.81. The Bertz CT molecular complexity index is 685. The minimum atomic E-state index is -0.431. The van der Waals surface area contributed by atoms with Crippen molar-refractivity contribution in [1.29, 1.82) is 0 Å². The lowest BCUT2D eigenvalue weighted by Gasteiger charge is -2.35. The van der Waals surface area contributed by atoms with Crippen LogP contribution >= 0.6 is 0 Å². The lowest BCUT2D eigenvalue weighted by Crippen LogP contribution is -2.42. The normalized spacial score (nSPS) is 28.8. The van der Waals surface area contributed by atoms with Crippen LogP contribution in [-0.4, -0.2) is 53.0 Å². The number of rotatable bonds is 3. The molecule has 25 heavy (non-hydrogen) atoms. The second kappa shape index (κ2) is 6.45. The fraction of sp³-hybridized carbons (Fsp3) is 0.600. The van der Waals surface area contributed by atoms with Gasteiger partial charge in [-0.2, -0.15) is 0 Å². The molecule has 0 bridgehead atoms. The number of hydrogen-bond donors (Lipinski definition) is 1. The van der Waals surface area contributed by atoms with Gasteiger partial charge in [0.15, 0.2) is 0 Å². The fourth-order valence-electron chi connectivity index (χ4n) is 4.78. The average molecular weight is 342 g/mol. The summed E-state index contributed by atoms with van der Waals surface area (Å²) in [5.74, 6) is 0.869. The maximum Gasteiger partial charge on any atom is 0.248 e. The van der Waals surface area contributed by atoms with Gasteiger partial charge in [-0.05, 0) is 30.9 Å². The molecule has 2 amide bonds. The average Bonchev–Trinajstić information content (AvgIpc) is 3.11. The standard InChI is InChI=1S/C20H26N2O3/c1-13-5-2-3-8-16(13)19-17-11-21(18(24)12-23)9-15(17)10-22(19)20(25)14-6-4-7-14/h2-3,5,8,14-15,17,19,23H,4,6-7,9-12H2,1H3/t15-,17-,19+/m0/s1. The van der Waals surface area contributed by atoms with Gasteiger partial charge in [0.2, 0.25) is 11.8 Å². The molecule has 0 spiro atoms. The molecule has 134 valence electrons. The number of nitrogens with zero attached hydrogens (tertiary/aromatic N) is 2. The number of hydrogen-bond acceptors (Lipinski definition) is 3. The van der Waals surface area contributed by atoms with E-state index in [1.165, 1.54) is 11.1 Å². The summed E-state index contributed by atoms with van der Waals surface area (Å²) in [7, 11) is 0. The van der Waals surface area contributed by atoms with Gasteiger partial charge in [0.1, 0.15) is 6.61 Å². The Morgan fingerprint density at radius 1 is 1.16 bits per heavy atom. The summed E-state index contributed by atoms with van der Waals surface area (Å²) in [4.78, 5) is 28.8. The molecular formula is C20H26N2O3. The molecule has 0 unspecified atom stereocenters. The Hall–Kier alpha value is -1.88. The number of carbonyl (C=O) groups is 2. The lowest BCUT2D eigenvalue weighted by molar-refractivity contribution is -0.140. The highest BCUT2D eigenvalue weighted by atomic mass is 16.3. The molecule has 1 aromatic carbocycles. The third-order valence-corrected chi connectivity index (χ3v) is 6.40. The molecular weight excluding hydrogens is 316 g/mol. The van der Waals surface area contributed by atoms with E-state index < -0.39 is 6.61 Å². The molecule has 3 aliphatic rings. The maximum absolute atomic E-state index is 13.0. The van der Waals surface area contributed by atoms with Gasteiger partial charge in [-0.15, -0.1) is 0 Å². The third-order valence-electron chi connectivity index (χ3n) is 6.40. The van der Waals surface area contributed by atoms with E-state index >= 15 is 0 Å². The van der Waals surface area contributed by atoms with E-state index in [1.54, 1.807) is 4.90 Å². The Morgan fingerprint density at radius 3 is 2.56 bits per heavy atom. The Labute approximate surface area is 148 Å². The summed E-state index contributed by atoms with van der Waals surface area (Å²) in [6.07, 6.45) is 3.19. The zero-order chi connectivity index (χ0) is 17.6. The van der Waals surface area contributed by atoms with Crippen molar-refractivity contribution >= 4 is 11.8 Å². The van der Waals surface area contributed by atoms with E-state index in [-0.39, 0.29) is 23.8 Å². The summed E-state index contributed by atoms with van der Waals surface area (Å²) in [6.45, 7) is 3.69. The molecule has 0 aromatic heterocycles. The van der Waals surface area contributed by atoms with E-state index in [2.05, 4.69) is 24.0 Å². The zero-order valence-electron chi connectivity index (χ0n) is 14.7. The van der Waals surface area contributed by atoms with Crippen molar-refractivity contribution in [2.24, 2.45) is 17.8 Å². The summed E-state index contributed by atoms with van der Waals surface area (Å²) < 4.78 is 0. The summed E-state index contributed by atoms with van der Waals surface area (Å²) in [5, 5.41) is 9.18. The number of likely N-dealkylation sites (tertiary alicyclic amines) is 2. The van der Waals surface area contributed by atoms with Gasteiger partial charge >= 0.3 is 0 Å². The number of aliphatic hydroxyl groups is 1. The molecule has 4 rings (SSSR count). The Balaban J connectivity index is 1.64. The van der Waals surface area contributed by atoms with Crippen LogP contribution in [-0.2, 0) is 9.59 Å². The molecule has 3 fully saturated rings. The van der Waals surface area contributed by atoms with Crippen molar-refractivity contribution in [3.05, 3.63) is 35.4 Å². The first-order chi connectivity index (χ1) is 12.1. The quantitative estimate of drug-likeness (QED) is 0.910. The predicted molar refractivity (Wildman–Crippen MR) is 93.6 cm³/mol. The van der Waals surface area contributed by atoms with Crippen LogP contribution in [0.2, 0.25) is 0 Å². The predicted octanol–water partition coefficient (Wildman–Crippen LogP) is 1.75. The molecule has 1 saturated carbocycles. The minimum Gasteiger partial charge on any atom is -0.387 e. The fourth-order valence-corrected chi connectivity index (χ4v) is 4.78. The van der Waals surface area contributed by atoms with Crippen LogP contribution in [0, 0.1) is 24.7 Å². The van der Waals surface area contributed by atoms with Crippen LogP contribution in [0.3, 0.4) is 0 Å². The maximum atomic E-state index is 13.0. The molecule has 2 aliphatic heterocycles. The van der Waals surface area contributed by atoms with Crippen molar-refractivity contribution < 1.29 is 14.7 Å². The van der Waals surface area contributed by atoms with Crippen LogP contribution in [0.4, 0.5) is 0 Å². The van der Waals surface area contributed by atoms with Gasteiger partial charge in [0.25, 0.3) is 0 Å². The van der Waals surface area contributed by atoms with Gasteiger partial charge in [-0.25, -0.2) is 0 Å². The smallest absolute Gasteiger partial charge is 0.248 e.